The van der Waals surface area contributed by atoms with E-state index >= 15 is 0 Å². The summed E-state index contributed by atoms with van der Waals surface area (Å²) >= 11 is 0. The van der Waals surface area contributed by atoms with E-state index in [1.807, 2.05) is 13.8 Å². The number of carbonyl (C=O) groups is 2. The van der Waals surface area contributed by atoms with Crippen LogP contribution in [0, 0.1) is 24.5 Å². The number of fused-ring (bicyclic) bond motifs is 1. The van der Waals surface area contributed by atoms with Crippen LogP contribution in [0.3, 0.4) is 0 Å². The van der Waals surface area contributed by atoms with Crippen molar-refractivity contribution in [3.8, 4) is 5.75 Å². The van der Waals surface area contributed by atoms with Crippen molar-refractivity contribution < 1.29 is 28.2 Å². The minimum absolute atomic E-state index is 0.0385. The highest BCUT2D eigenvalue weighted by atomic mass is 19.1. The lowest BCUT2D eigenvalue weighted by Gasteiger charge is -2.20. The second-order valence-electron chi connectivity index (χ2n) is 7.35. The Balaban J connectivity index is 2.36. The van der Waals surface area contributed by atoms with Crippen LogP contribution in [0.5, 0.6) is 5.75 Å². The first-order valence-electron chi connectivity index (χ1n) is 9.62. The summed E-state index contributed by atoms with van der Waals surface area (Å²) in [4.78, 5) is 25.4. The van der Waals surface area contributed by atoms with Crippen molar-refractivity contribution in [1.29, 1.82) is 0 Å². The number of benzene rings is 2. The van der Waals surface area contributed by atoms with Crippen LogP contribution < -0.4 is 4.74 Å². The molecule has 1 aromatic heterocycles. The molecular formula is C23H23F2NO4. The van der Waals surface area contributed by atoms with Crippen molar-refractivity contribution in [3.63, 3.8) is 0 Å². The van der Waals surface area contributed by atoms with Gasteiger partial charge in [0.05, 0.1) is 18.5 Å². The van der Waals surface area contributed by atoms with Gasteiger partial charge in [0, 0.05) is 22.7 Å². The summed E-state index contributed by atoms with van der Waals surface area (Å²) in [5.41, 5.74) is 1.29. The van der Waals surface area contributed by atoms with Crippen LogP contribution in [0.1, 0.15) is 47.8 Å². The van der Waals surface area contributed by atoms with E-state index in [0.717, 1.165) is 12.1 Å². The number of rotatable bonds is 6. The molecule has 2 atom stereocenters. The third kappa shape index (κ3) is 3.56. The van der Waals surface area contributed by atoms with E-state index in [4.69, 9.17) is 4.74 Å². The van der Waals surface area contributed by atoms with E-state index in [0.29, 0.717) is 23.1 Å². The van der Waals surface area contributed by atoms with Gasteiger partial charge in [-0.15, -0.1) is 0 Å². The van der Waals surface area contributed by atoms with E-state index in [9.17, 15) is 23.5 Å². The molecule has 1 unspecified atom stereocenters. The predicted octanol–water partition coefficient (Wildman–Crippen LogP) is 5.14. The standard InChI is InChI=1S/C23H23F2NO4/c1-5-12(2)20(23(28)29)21-13(3)26(22(27)14-6-8-15(24)9-7-14)18-11-17(25)19(30-4)10-16(18)21/h6-12,20H,5H2,1-4H3,(H,28,29)/t12?,20-/m1/s1. The van der Waals surface area contributed by atoms with Gasteiger partial charge in [-0.1, -0.05) is 20.3 Å². The third-order valence-electron chi connectivity index (χ3n) is 5.61. The van der Waals surface area contributed by atoms with Crippen LogP contribution in [0.25, 0.3) is 10.9 Å². The van der Waals surface area contributed by atoms with Gasteiger partial charge in [-0.25, -0.2) is 8.78 Å². The highest BCUT2D eigenvalue weighted by molar-refractivity contribution is 6.05. The van der Waals surface area contributed by atoms with Crippen molar-refractivity contribution in [2.45, 2.75) is 33.1 Å². The molecule has 0 aliphatic heterocycles. The molecule has 158 valence electrons. The fourth-order valence-electron chi connectivity index (χ4n) is 3.86. The van der Waals surface area contributed by atoms with E-state index in [2.05, 4.69) is 0 Å². The maximum atomic E-state index is 14.5. The summed E-state index contributed by atoms with van der Waals surface area (Å²) < 4.78 is 34.2. The first-order valence-corrected chi connectivity index (χ1v) is 9.62. The molecule has 0 radical (unpaired) electrons. The number of carboxylic acid groups (broad SMARTS) is 1. The topological polar surface area (TPSA) is 68.5 Å². The average Bonchev–Trinajstić information content (AvgIpc) is 2.98. The Bertz CT molecular complexity index is 1120. The number of carbonyl (C=O) groups excluding carboxylic acids is 1. The summed E-state index contributed by atoms with van der Waals surface area (Å²) in [6.45, 7) is 5.35. The first kappa shape index (κ1) is 21.5. The number of aromatic nitrogens is 1. The van der Waals surface area contributed by atoms with Crippen molar-refractivity contribution in [2.75, 3.05) is 7.11 Å². The molecule has 7 heteroatoms. The molecule has 0 saturated carbocycles. The molecule has 5 nitrogen and oxygen atoms in total. The van der Waals surface area contributed by atoms with E-state index in [-0.39, 0.29) is 22.7 Å². The molecule has 3 aromatic rings. The Labute approximate surface area is 172 Å². The molecule has 0 aliphatic carbocycles. The fourth-order valence-corrected chi connectivity index (χ4v) is 3.86. The fraction of sp³-hybridized carbons (Fsp3) is 0.304. The first-order chi connectivity index (χ1) is 14.2. The van der Waals surface area contributed by atoms with Gasteiger partial charge in [-0.05, 0) is 48.7 Å². The van der Waals surface area contributed by atoms with Crippen molar-refractivity contribution in [2.24, 2.45) is 5.92 Å². The quantitative estimate of drug-likeness (QED) is 0.605. The maximum Gasteiger partial charge on any atom is 0.311 e. The summed E-state index contributed by atoms with van der Waals surface area (Å²) in [5.74, 6) is -3.83. The highest BCUT2D eigenvalue weighted by Gasteiger charge is 2.33. The molecule has 0 bridgehead atoms. The van der Waals surface area contributed by atoms with E-state index in [1.54, 1.807) is 6.92 Å². The monoisotopic (exact) mass is 415 g/mol. The van der Waals surface area contributed by atoms with E-state index < -0.39 is 29.4 Å². The summed E-state index contributed by atoms with van der Waals surface area (Å²) in [7, 11) is 1.32. The largest absolute Gasteiger partial charge is 0.494 e. The minimum atomic E-state index is -1.02. The van der Waals surface area contributed by atoms with Crippen molar-refractivity contribution in [3.05, 3.63) is 64.9 Å². The summed E-state index contributed by atoms with van der Waals surface area (Å²) in [6.07, 6.45) is 0.604. The van der Waals surface area contributed by atoms with Crippen LogP contribution in [-0.4, -0.2) is 28.7 Å². The molecule has 0 amide bonds. The molecule has 0 fully saturated rings. The minimum Gasteiger partial charge on any atom is -0.494 e. The lowest BCUT2D eigenvalue weighted by atomic mass is 9.84. The number of hydrogen-bond donors (Lipinski definition) is 1. The number of aliphatic carboxylic acids is 1. The van der Waals surface area contributed by atoms with Crippen LogP contribution in [0.15, 0.2) is 36.4 Å². The Morgan fingerprint density at radius 1 is 1.17 bits per heavy atom. The third-order valence-corrected chi connectivity index (χ3v) is 5.61. The van der Waals surface area contributed by atoms with Gasteiger partial charge in [-0.3, -0.25) is 14.2 Å². The lowest BCUT2D eigenvalue weighted by Crippen LogP contribution is -2.21. The number of ether oxygens (including phenoxy) is 1. The van der Waals surface area contributed by atoms with Crippen LogP contribution in [-0.2, 0) is 4.79 Å². The highest BCUT2D eigenvalue weighted by Crippen LogP contribution is 2.39. The molecule has 0 saturated heterocycles. The van der Waals surface area contributed by atoms with Gasteiger partial charge in [0.1, 0.15) is 5.82 Å². The maximum absolute atomic E-state index is 14.5. The van der Waals surface area contributed by atoms with Crippen LogP contribution in [0.2, 0.25) is 0 Å². The molecule has 1 heterocycles. The van der Waals surface area contributed by atoms with Crippen LogP contribution >= 0.6 is 0 Å². The average molecular weight is 415 g/mol. The van der Waals surface area contributed by atoms with E-state index in [1.165, 1.54) is 35.9 Å². The summed E-state index contributed by atoms with van der Waals surface area (Å²) in [6, 6.07) is 7.61. The number of nitrogens with zero attached hydrogens (tertiary/aromatic N) is 1. The lowest BCUT2D eigenvalue weighted by molar-refractivity contribution is -0.140. The molecule has 2 aromatic carbocycles. The number of hydrogen-bond acceptors (Lipinski definition) is 3. The predicted molar refractivity (Wildman–Crippen MR) is 109 cm³/mol. The smallest absolute Gasteiger partial charge is 0.311 e. The van der Waals surface area contributed by atoms with Gasteiger partial charge < -0.3 is 9.84 Å². The Morgan fingerprint density at radius 2 is 1.80 bits per heavy atom. The number of methoxy groups -OCH3 is 1. The van der Waals surface area contributed by atoms with Gasteiger partial charge in [0.2, 0.25) is 0 Å². The molecule has 30 heavy (non-hydrogen) atoms. The second-order valence-corrected chi connectivity index (χ2v) is 7.35. The molecule has 3 rings (SSSR count). The van der Waals surface area contributed by atoms with Gasteiger partial charge >= 0.3 is 5.97 Å². The van der Waals surface area contributed by atoms with Gasteiger partial charge in [0.15, 0.2) is 11.6 Å². The Kier molecular flexibility index (Phi) is 5.92. The Morgan fingerprint density at radius 3 is 2.33 bits per heavy atom. The van der Waals surface area contributed by atoms with Crippen molar-refractivity contribution in [1.82, 2.24) is 4.57 Å². The number of halogens is 2. The van der Waals surface area contributed by atoms with Crippen molar-refractivity contribution >= 4 is 22.8 Å². The van der Waals surface area contributed by atoms with Gasteiger partial charge in [0.25, 0.3) is 5.91 Å². The molecule has 0 aliphatic rings. The van der Waals surface area contributed by atoms with Gasteiger partial charge in [-0.2, -0.15) is 0 Å². The normalized spacial score (nSPS) is 13.3. The Hall–Kier alpha value is -3.22. The molecule has 1 N–H and O–H groups in total. The van der Waals surface area contributed by atoms with Crippen LogP contribution in [0.4, 0.5) is 8.78 Å². The second kappa shape index (κ2) is 8.26. The molecule has 0 spiro atoms. The zero-order chi connectivity index (χ0) is 22.2. The number of carboxylic acids is 1. The zero-order valence-electron chi connectivity index (χ0n) is 17.2. The summed E-state index contributed by atoms with van der Waals surface area (Å²) in [5, 5.41) is 10.4. The zero-order valence-corrected chi connectivity index (χ0v) is 17.2. The SMILES string of the molecule is CCC(C)[C@@H](C(=O)O)c1c(C)n(C(=O)c2ccc(F)cc2)c2cc(F)c(OC)cc12. The molecular weight excluding hydrogens is 392 g/mol.